The molecule has 5 rings (SSSR count). The van der Waals surface area contributed by atoms with Crippen LogP contribution in [0.15, 0.2) is 58.6 Å². The monoisotopic (exact) mass is 444 g/mol. The summed E-state index contributed by atoms with van der Waals surface area (Å²) < 4.78 is 3.78. The predicted octanol–water partition coefficient (Wildman–Crippen LogP) is 4.82. The van der Waals surface area contributed by atoms with Crippen LogP contribution in [0.2, 0.25) is 0 Å². The molecular formula is C25H24N4O2S. The largest absolute Gasteiger partial charge is 0.345 e. The lowest BCUT2D eigenvalue weighted by Crippen LogP contribution is -2.23. The van der Waals surface area contributed by atoms with Gasteiger partial charge in [-0.05, 0) is 63.4 Å². The van der Waals surface area contributed by atoms with Gasteiger partial charge in [0.1, 0.15) is 5.82 Å². The average molecular weight is 445 g/mol. The third-order valence-electron chi connectivity index (χ3n) is 5.90. The molecule has 7 heteroatoms. The number of hydrogen-bond acceptors (Lipinski definition) is 5. The Balaban J connectivity index is 1.52. The van der Waals surface area contributed by atoms with E-state index in [9.17, 15) is 9.59 Å². The number of aryl methyl sites for hydroxylation is 2. The van der Waals surface area contributed by atoms with E-state index in [4.69, 9.17) is 4.98 Å². The van der Waals surface area contributed by atoms with Crippen molar-refractivity contribution in [3.63, 3.8) is 0 Å². The molecule has 0 atom stereocenters. The zero-order valence-electron chi connectivity index (χ0n) is 18.3. The molecule has 0 N–H and O–H groups in total. The van der Waals surface area contributed by atoms with Crippen LogP contribution in [0.5, 0.6) is 0 Å². The highest BCUT2D eigenvalue weighted by molar-refractivity contribution is 7.99. The molecule has 4 aromatic rings. The molecule has 0 unspecified atom stereocenters. The molecule has 1 aromatic carbocycles. The molecule has 162 valence electrons. The maximum atomic E-state index is 13.3. The van der Waals surface area contributed by atoms with Gasteiger partial charge in [0, 0.05) is 29.2 Å². The second kappa shape index (κ2) is 8.06. The zero-order valence-corrected chi connectivity index (χ0v) is 19.1. The summed E-state index contributed by atoms with van der Waals surface area (Å²) in [6.07, 6.45) is 4.08. The van der Waals surface area contributed by atoms with Crippen LogP contribution < -0.4 is 5.56 Å². The van der Waals surface area contributed by atoms with E-state index in [0.717, 1.165) is 22.5 Å². The molecule has 6 nitrogen and oxygen atoms in total. The third-order valence-corrected chi connectivity index (χ3v) is 6.84. The second-order valence-corrected chi connectivity index (χ2v) is 9.29. The first-order chi connectivity index (χ1) is 15.4. The number of ketones is 1. The van der Waals surface area contributed by atoms with E-state index in [0.29, 0.717) is 27.9 Å². The SMILES string of the molecule is Cc1ccc(-n2c(SCC(=O)c3cc(C)n(C4CC4)c3C)nc3ccccc3c2=O)nc1. The van der Waals surface area contributed by atoms with Gasteiger partial charge in [0.15, 0.2) is 10.9 Å². The minimum Gasteiger partial charge on any atom is -0.345 e. The number of para-hydroxylation sites is 1. The van der Waals surface area contributed by atoms with Crippen molar-refractivity contribution in [3.05, 3.63) is 81.5 Å². The molecule has 0 bridgehead atoms. The van der Waals surface area contributed by atoms with Crippen LogP contribution in [0.3, 0.4) is 0 Å². The summed E-state index contributed by atoms with van der Waals surface area (Å²) in [7, 11) is 0. The fourth-order valence-electron chi connectivity index (χ4n) is 4.17. The van der Waals surface area contributed by atoms with Crippen molar-refractivity contribution in [3.8, 4) is 5.82 Å². The number of benzene rings is 1. The summed E-state index contributed by atoms with van der Waals surface area (Å²) in [4.78, 5) is 35.6. The number of fused-ring (bicyclic) bond motifs is 1. The normalized spacial score (nSPS) is 13.6. The number of thioether (sulfide) groups is 1. The maximum Gasteiger partial charge on any atom is 0.267 e. The van der Waals surface area contributed by atoms with Gasteiger partial charge in [0.05, 0.1) is 16.7 Å². The minimum atomic E-state index is -0.186. The minimum absolute atomic E-state index is 0.0424. The van der Waals surface area contributed by atoms with Crippen molar-refractivity contribution in [1.29, 1.82) is 0 Å². The molecule has 0 aliphatic heterocycles. The Kier molecular flexibility index (Phi) is 5.21. The highest BCUT2D eigenvalue weighted by Crippen LogP contribution is 2.38. The molecule has 3 aromatic heterocycles. The summed E-state index contributed by atoms with van der Waals surface area (Å²) in [5.41, 5.74) is 4.34. The lowest BCUT2D eigenvalue weighted by atomic mass is 10.2. The Morgan fingerprint density at radius 1 is 1.12 bits per heavy atom. The molecule has 1 saturated carbocycles. The molecule has 1 aliphatic rings. The molecular weight excluding hydrogens is 420 g/mol. The van der Waals surface area contributed by atoms with Gasteiger partial charge in [-0.15, -0.1) is 0 Å². The predicted molar refractivity (Wildman–Crippen MR) is 127 cm³/mol. The second-order valence-electron chi connectivity index (χ2n) is 8.34. The van der Waals surface area contributed by atoms with Crippen LogP contribution in [-0.4, -0.2) is 30.6 Å². The molecule has 0 radical (unpaired) electrons. The first-order valence-corrected chi connectivity index (χ1v) is 11.7. The van der Waals surface area contributed by atoms with Gasteiger partial charge in [0.2, 0.25) is 0 Å². The van der Waals surface area contributed by atoms with E-state index in [1.807, 2.05) is 50.2 Å². The summed E-state index contributed by atoms with van der Waals surface area (Å²) in [5, 5.41) is 0.993. The van der Waals surface area contributed by atoms with E-state index in [-0.39, 0.29) is 17.1 Å². The van der Waals surface area contributed by atoms with Gasteiger partial charge in [0.25, 0.3) is 5.56 Å². The van der Waals surface area contributed by atoms with Gasteiger partial charge >= 0.3 is 0 Å². The molecule has 32 heavy (non-hydrogen) atoms. The molecule has 0 spiro atoms. The number of carbonyl (C=O) groups is 1. The molecule has 1 fully saturated rings. The van der Waals surface area contributed by atoms with Gasteiger partial charge in [-0.2, -0.15) is 0 Å². The van der Waals surface area contributed by atoms with Gasteiger partial charge in [-0.3, -0.25) is 9.59 Å². The molecule has 0 saturated heterocycles. The number of pyridine rings is 1. The number of carbonyl (C=O) groups excluding carboxylic acids is 1. The Hall–Kier alpha value is -3.19. The van der Waals surface area contributed by atoms with Gasteiger partial charge in [-0.25, -0.2) is 14.5 Å². The Morgan fingerprint density at radius 3 is 2.62 bits per heavy atom. The van der Waals surface area contributed by atoms with Crippen molar-refractivity contribution < 1.29 is 4.79 Å². The quantitative estimate of drug-likeness (QED) is 0.242. The van der Waals surface area contributed by atoms with Crippen LogP contribution in [0.25, 0.3) is 16.7 Å². The third kappa shape index (κ3) is 3.66. The molecule has 1 aliphatic carbocycles. The van der Waals surface area contributed by atoms with E-state index in [1.165, 1.54) is 29.2 Å². The van der Waals surface area contributed by atoms with Crippen LogP contribution >= 0.6 is 11.8 Å². The van der Waals surface area contributed by atoms with E-state index in [2.05, 4.69) is 16.5 Å². The number of aromatic nitrogens is 4. The lowest BCUT2D eigenvalue weighted by molar-refractivity contribution is 0.102. The van der Waals surface area contributed by atoms with E-state index >= 15 is 0 Å². The number of hydrogen-bond donors (Lipinski definition) is 0. The van der Waals surface area contributed by atoms with Crippen molar-refractivity contribution in [1.82, 2.24) is 19.1 Å². The zero-order chi connectivity index (χ0) is 22.4. The molecule has 3 heterocycles. The van der Waals surface area contributed by atoms with Gasteiger partial charge in [-0.1, -0.05) is 30.0 Å². The summed E-state index contributed by atoms with van der Waals surface area (Å²) in [6, 6.07) is 13.5. The first kappa shape index (κ1) is 20.7. The maximum absolute atomic E-state index is 13.3. The topological polar surface area (TPSA) is 69.8 Å². The van der Waals surface area contributed by atoms with E-state index < -0.39 is 0 Å². The number of Topliss-reactive ketones (excluding diaryl/α,β-unsaturated/α-hetero) is 1. The summed E-state index contributed by atoms with van der Waals surface area (Å²) in [6.45, 7) is 6.02. The first-order valence-electron chi connectivity index (χ1n) is 10.7. The summed E-state index contributed by atoms with van der Waals surface area (Å²) >= 11 is 1.28. The number of rotatable bonds is 6. The lowest BCUT2D eigenvalue weighted by Gasteiger charge is -2.12. The fourth-order valence-corrected chi connectivity index (χ4v) is 5.05. The number of nitrogens with zero attached hydrogens (tertiary/aromatic N) is 4. The van der Waals surface area contributed by atoms with E-state index in [1.54, 1.807) is 12.3 Å². The van der Waals surface area contributed by atoms with Crippen LogP contribution in [0, 0.1) is 20.8 Å². The Bertz CT molecular complexity index is 1400. The van der Waals surface area contributed by atoms with Crippen LogP contribution in [0.4, 0.5) is 0 Å². The van der Waals surface area contributed by atoms with Crippen molar-refractivity contribution >= 4 is 28.4 Å². The standard InChI is InChI=1S/C25H24N4O2S/c1-15-8-11-23(26-13-15)29-24(31)19-6-4-5-7-21(19)27-25(29)32-14-22(30)20-12-16(2)28(17(20)3)18-9-10-18/h4-8,11-13,18H,9-10,14H2,1-3H3. The van der Waals surface area contributed by atoms with Crippen LogP contribution in [0.1, 0.15) is 46.2 Å². The van der Waals surface area contributed by atoms with Gasteiger partial charge < -0.3 is 4.57 Å². The van der Waals surface area contributed by atoms with Crippen LogP contribution in [-0.2, 0) is 0 Å². The van der Waals surface area contributed by atoms with Crippen molar-refractivity contribution in [2.75, 3.05) is 5.75 Å². The average Bonchev–Trinajstić information content (AvgIpc) is 3.57. The molecule has 0 amide bonds. The summed E-state index contributed by atoms with van der Waals surface area (Å²) in [5.74, 6) is 0.743. The van der Waals surface area contributed by atoms with Crippen molar-refractivity contribution in [2.45, 2.75) is 44.8 Å². The Morgan fingerprint density at radius 2 is 1.91 bits per heavy atom. The highest BCUT2D eigenvalue weighted by Gasteiger charge is 2.28. The highest BCUT2D eigenvalue weighted by atomic mass is 32.2. The fraction of sp³-hybridized carbons (Fsp3) is 0.280. The van der Waals surface area contributed by atoms with Crippen molar-refractivity contribution in [2.24, 2.45) is 0 Å². The Labute approximate surface area is 190 Å². The smallest absolute Gasteiger partial charge is 0.267 e.